The van der Waals surface area contributed by atoms with E-state index in [1.165, 1.54) is 6.92 Å². The Balaban J connectivity index is 0.000000312. The van der Waals surface area contributed by atoms with Gasteiger partial charge in [0.05, 0.1) is 0 Å². The Hall–Kier alpha value is -1.39. The number of carbonyl (C=O) groups is 1. The molecule has 106 valence electrons. The topological polar surface area (TPSA) is 63.6 Å². The number of benzene rings is 1. The minimum absolute atomic E-state index is 0.111. The van der Waals surface area contributed by atoms with Gasteiger partial charge in [0.15, 0.2) is 0 Å². The van der Waals surface area contributed by atoms with Crippen LogP contribution in [0.25, 0.3) is 0 Å². The van der Waals surface area contributed by atoms with Gasteiger partial charge in [-0.1, -0.05) is 37.3 Å². The monoisotopic (exact) mass is 264 g/mol. The summed E-state index contributed by atoms with van der Waals surface area (Å²) in [4.78, 5) is 11.5. The van der Waals surface area contributed by atoms with Crippen LogP contribution in [0.1, 0.15) is 32.3 Å². The standard InChI is InChI=1S/C12H17NO.C3H6O2/c1-10-8-12(14,9-13(10)2)11-6-4-3-5-7-11;1-2-3(4)5/h3-7,10,14H,8-9H2,1-2H3;2H2,1H3,(H,4,5)/p-1. The van der Waals surface area contributed by atoms with E-state index < -0.39 is 11.6 Å². The summed E-state index contributed by atoms with van der Waals surface area (Å²) < 4.78 is 0. The summed E-state index contributed by atoms with van der Waals surface area (Å²) in [7, 11) is 2.06. The van der Waals surface area contributed by atoms with Crippen LogP contribution in [0.3, 0.4) is 0 Å². The number of carboxylic acids is 1. The molecule has 0 radical (unpaired) electrons. The van der Waals surface area contributed by atoms with Gasteiger partial charge >= 0.3 is 0 Å². The van der Waals surface area contributed by atoms with Gasteiger partial charge in [-0.3, -0.25) is 0 Å². The maximum Gasteiger partial charge on any atom is 0.104 e. The molecule has 1 fully saturated rings. The molecule has 1 aromatic carbocycles. The smallest absolute Gasteiger partial charge is 0.104 e. The number of rotatable bonds is 2. The van der Waals surface area contributed by atoms with Gasteiger partial charge in [0, 0.05) is 18.6 Å². The third-order valence-corrected chi connectivity index (χ3v) is 3.50. The van der Waals surface area contributed by atoms with E-state index in [1.54, 1.807) is 0 Å². The Bertz CT molecular complexity index is 395. The molecule has 1 heterocycles. The van der Waals surface area contributed by atoms with E-state index >= 15 is 0 Å². The Morgan fingerprint density at radius 3 is 2.37 bits per heavy atom. The van der Waals surface area contributed by atoms with Crippen molar-refractivity contribution in [1.82, 2.24) is 4.90 Å². The Morgan fingerprint density at radius 1 is 1.47 bits per heavy atom. The maximum absolute atomic E-state index is 10.5. The fourth-order valence-corrected chi connectivity index (χ4v) is 2.24. The fraction of sp³-hybridized carbons (Fsp3) is 0.533. The van der Waals surface area contributed by atoms with Crippen molar-refractivity contribution in [3.63, 3.8) is 0 Å². The predicted molar refractivity (Wildman–Crippen MR) is 72.3 cm³/mol. The predicted octanol–water partition coefficient (Wildman–Crippen LogP) is 0.744. The number of likely N-dealkylation sites (tertiary alicyclic amines) is 1. The molecule has 1 aromatic rings. The highest BCUT2D eigenvalue weighted by Gasteiger charge is 2.39. The molecule has 0 spiro atoms. The zero-order chi connectivity index (χ0) is 14.5. The number of aliphatic hydroxyl groups is 1. The third kappa shape index (κ3) is 4.33. The summed E-state index contributed by atoms with van der Waals surface area (Å²) in [5.74, 6) is -0.995. The number of likely N-dealkylation sites (N-methyl/N-ethyl adjacent to an activating group) is 1. The third-order valence-electron chi connectivity index (χ3n) is 3.50. The van der Waals surface area contributed by atoms with E-state index in [1.807, 2.05) is 30.3 Å². The molecular weight excluding hydrogens is 242 g/mol. The lowest BCUT2D eigenvalue weighted by Crippen LogP contribution is -2.29. The molecule has 19 heavy (non-hydrogen) atoms. The first-order valence-corrected chi connectivity index (χ1v) is 6.57. The van der Waals surface area contributed by atoms with Crippen LogP contribution in [-0.2, 0) is 10.4 Å². The molecular formula is C15H22NO3-. The second-order valence-electron chi connectivity index (χ2n) is 5.09. The van der Waals surface area contributed by atoms with Crippen molar-refractivity contribution >= 4 is 5.97 Å². The fourth-order valence-electron chi connectivity index (χ4n) is 2.24. The van der Waals surface area contributed by atoms with Gasteiger partial charge in [0.1, 0.15) is 5.60 Å². The van der Waals surface area contributed by atoms with Gasteiger partial charge < -0.3 is 19.9 Å². The van der Waals surface area contributed by atoms with Gasteiger partial charge in [-0.15, -0.1) is 0 Å². The molecule has 2 atom stereocenters. The first-order valence-electron chi connectivity index (χ1n) is 6.57. The molecule has 4 nitrogen and oxygen atoms in total. The summed E-state index contributed by atoms with van der Waals surface area (Å²) in [6, 6.07) is 10.4. The molecule has 4 heteroatoms. The van der Waals surface area contributed by atoms with Crippen LogP contribution in [-0.4, -0.2) is 35.6 Å². The largest absolute Gasteiger partial charge is 0.550 e. The quantitative estimate of drug-likeness (QED) is 0.856. The summed E-state index contributed by atoms with van der Waals surface area (Å²) in [6.07, 6.45) is 0.938. The molecule has 0 amide bonds. The van der Waals surface area contributed by atoms with Gasteiger partial charge in [-0.25, -0.2) is 0 Å². The van der Waals surface area contributed by atoms with Crippen LogP contribution < -0.4 is 5.11 Å². The molecule has 0 aromatic heterocycles. The second-order valence-corrected chi connectivity index (χ2v) is 5.09. The average Bonchev–Trinajstić information content (AvgIpc) is 2.66. The van der Waals surface area contributed by atoms with Crippen molar-refractivity contribution in [1.29, 1.82) is 0 Å². The lowest BCUT2D eigenvalue weighted by atomic mass is 9.92. The zero-order valence-electron chi connectivity index (χ0n) is 11.8. The SMILES string of the molecule is CC1CC(O)(c2ccccc2)CN1C.CCC(=O)[O-]. The lowest BCUT2D eigenvalue weighted by Gasteiger charge is -2.22. The van der Waals surface area contributed by atoms with Crippen LogP contribution >= 0.6 is 0 Å². The number of aliphatic carboxylic acids is 1. The highest BCUT2D eigenvalue weighted by Crippen LogP contribution is 2.34. The highest BCUT2D eigenvalue weighted by atomic mass is 16.4. The Kier molecular flexibility index (Phi) is 5.51. The number of nitrogens with zero attached hydrogens (tertiary/aromatic N) is 1. The van der Waals surface area contributed by atoms with E-state index in [4.69, 9.17) is 0 Å². The van der Waals surface area contributed by atoms with Gasteiger partial charge in [-0.05, 0) is 32.4 Å². The lowest BCUT2D eigenvalue weighted by molar-refractivity contribution is -0.305. The molecule has 2 unspecified atom stereocenters. The van der Waals surface area contributed by atoms with Crippen LogP contribution in [0.4, 0.5) is 0 Å². The van der Waals surface area contributed by atoms with Crippen molar-refractivity contribution in [3.05, 3.63) is 35.9 Å². The maximum atomic E-state index is 10.5. The minimum atomic E-state index is -0.995. The molecule has 1 aliphatic heterocycles. The van der Waals surface area contributed by atoms with Crippen LogP contribution in [0.15, 0.2) is 30.3 Å². The second kappa shape index (κ2) is 6.68. The average molecular weight is 264 g/mol. The Labute approximate surface area is 114 Å². The molecule has 0 bridgehead atoms. The molecule has 2 rings (SSSR count). The Morgan fingerprint density at radius 2 is 2.00 bits per heavy atom. The van der Waals surface area contributed by atoms with E-state index in [0.717, 1.165) is 18.5 Å². The molecule has 1 saturated heterocycles. The van der Waals surface area contributed by atoms with Crippen LogP contribution in [0.5, 0.6) is 0 Å². The summed E-state index contributed by atoms with van der Waals surface area (Å²) in [6.45, 7) is 4.43. The van der Waals surface area contributed by atoms with Crippen molar-refractivity contribution in [3.8, 4) is 0 Å². The van der Waals surface area contributed by atoms with Gasteiger partial charge in [0.25, 0.3) is 0 Å². The normalized spacial score (nSPS) is 26.6. The zero-order valence-corrected chi connectivity index (χ0v) is 11.8. The minimum Gasteiger partial charge on any atom is -0.550 e. The molecule has 1 aliphatic rings. The number of hydrogen-bond acceptors (Lipinski definition) is 4. The number of carboxylic acid groups (broad SMARTS) is 1. The van der Waals surface area contributed by atoms with Crippen molar-refractivity contribution in [2.45, 2.75) is 38.3 Å². The number of β-amino-alcohol motifs (C(OH)–C–C–N with tert-alkyl or cyclic N) is 1. The highest BCUT2D eigenvalue weighted by molar-refractivity contribution is 5.63. The van der Waals surface area contributed by atoms with E-state index in [-0.39, 0.29) is 6.42 Å². The molecule has 1 N–H and O–H groups in total. The van der Waals surface area contributed by atoms with Crippen molar-refractivity contribution < 1.29 is 15.0 Å². The van der Waals surface area contributed by atoms with E-state index in [2.05, 4.69) is 18.9 Å². The van der Waals surface area contributed by atoms with Crippen molar-refractivity contribution in [2.75, 3.05) is 13.6 Å². The van der Waals surface area contributed by atoms with Gasteiger partial charge in [-0.2, -0.15) is 0 Å². The summed E-state index contributed by atoms with van der Waals surface area (Å²) in [5, 5.41) is 19.7. The van der Waals surface area contributed by atoms with Crippen LogP contribution in [0, 0.1) is 0 Å². The number of hydrogen-bond donors (Lipinski definition) is 1. The first-order chi connectivity index (χ1) is 8.89. The van der Waals surface area contributed by atoms with E-state index in [9.17, 15) is 15.0 Å². The van der Waals surface area contributed by atoms with E-state index in [0.29, 0.717) is 6.04 Å². The summed E-state index contributed by atoms with van der Waals surface area (Å²) in [5.41, 5.74) is 0.395. The molecule has 0 saturated carbocycles. The first kappa shape index (κ1) is 15.7. The van der Waals surface area contributed by atoms with Gasteiger partial charge in [0.2, 0.25) is 0 Å². The van der Waals surface area contributed by atoms with Crippen LogP contribution in [0.2, 0.25) is 0 Å². The van der Waals surface area contributed by atoms with Crippen molar-refractivity contribution in [2.24, 2.45) is 0 Å². The summed E-state index contributed by atoms with van der Waals surface area (Å²) >= 11 is 0. The molecule has 0 aliphatic carbocycles. The number of carbonyl (C=O) groups excluding carboxylic acids is 1.